The van der Waals surface area contributed by atoms with Crippen molar-refractivity contribution in [3.05, 3.63) is 387 Å². The number of hydrazine groups is 2. The van der Waals surface area contributed by atoms with E-state index in [-0.39, 0.29) is 30.7 Å². The molecule has 0 bridgehead atoms. The van der Waals surface area contributed by atoms with Crippen LogP contribution >= 0.6 is 27.3 Å². The van der Waals surface area contributed by atoms with Crippen LogP contribution in [0.15, 0.2) is 320 Å². The molecule has 0 unspecified atom stereocenters. The van der Waals surface area contributed by atoms with Crippen LogP contribution in [0.3, 0.4) is 0 Å². The summed E-state index contributed by atoms with van der Waals surface area (Å²) < 4.78 is 31.2. The minimum Gasteiger partial charge on any atom is -0.0622 e. The van der Waals surface area contributed by atoms with Gasteiger partial charge in [0.25, 0.3) is 23.5 Å². The number of rotatable bonds is 15. The quantitative estimate of drug-likeness (QED) is 0.0323. The zero-order valence-corrected chi connectivity index (χ0v) is 69.5. The van der Waals surface area contributed by atoms with Gasteiger partial charge in [0.2, 0.25) is 0 Å². The zero-order chi connectivity index (χ0) is 75.2. The van der Waals surface area contributed by atoms with Crippen molar-refractivity contribution >= 4 is 95.8 Å². The van der Waals surface area contributed by atoms with Crippen molar-refractivity contribution in [1.29, 1.82) is 0 Å². The summed E-state index contributed by atoms with van der Waals surface area (Å²) in [6.07, 6.45) is 2.56. The molecule has 0 amide bonds. The number of hydrogen-bond donors (Lipinski definition) is 0. The molecule has 11 nitrogen and oxygen atoms in total. The predicted molar refractivity (Wildman–Crippen MR) is 453 cm³/mol. The van der Waals surface area contributed by atoms with Gasteiger partial charge in [-0.3, -0.25) is 13.6 Å². The third-order valence-electron chi connectivity index (χ3n) is 15.9. The van der Waals surface area contributed by atoms with Crippen molar-refractivity contribution in [3.63, 3.8) is 0 Å². The largest absolute Gasteiger partial charge is 0.0622 e. The molecule has 0 N–H and O–H groups in total. The number of halogens is 2. The molecule has 1 fully saturated rings. The van der Waals surface area contributed by atoms with Crippen molar-refractivity contribution < 1.29 is 67.9 Å². The molecule has 0 spiro atoms. The second-order valence-corrected chi connectivity index (χ2v) is 25.2. The summed E-state index contributed by atoms with van der Waals surface area (Å²) in [6.45, 7) is 26.4. The van der Waals surface area contributed by atoms with Gasteiger partial charge >= 0.3 is 54.0 Å². The summed E-state index contributed by atoms with van der Waals surface area (Å²) in [5, 5.41) is 12.2. The van der Waals surface area contributed by atoms with Crippen LogP contribution in [0, 0.1) is 77.7 Å². The number of para-hydroxylation sites is 8. The van der Waals surface area contributed by atoms with E-state index >= 15 is 0 Å². The Morgan fingerprint density at radius 2 is 0.500 bits per heavy atom. The maximum absolute atomic E-state index is 7.75. The monoisotopic (exact) mass is 1670 g/mol. The van der Waals surface area contributed by atoms with Gasteiger partial charge in [-0.25, -0.2) is 20.0 Å². The molecule has 3 aliphatic rings. The number of benzene rings is 11. The van der Waals surface area contributed by atoms with Gasteiger partial charge in [0.15, 0.2) is 0 Å². The van der Waals surface area contributed by atoms with Gasteiger partial charge < -0.3 is 55.6 Å². The average molecular weight is 1670 g/mol. The number of ether oxygens (including phenoxy) is 5. The molecule has 0 saturated carbocycles. The fourth-order valence-corrected chi connectivity index (χ4v) is 13.5. The van der Waals surface area contributed by atoms with Crippen molar-refractivity contribution in [1.82, 2.24) is 0 Å². The van der Waals surface area contributed by atoms with Gasteiger partial charge in [-0.05, 0) is 185 Å². The van der Waals surface area contributed by atoms with Crippen LogP contribution in [0.4, 0.5) is 22.7 Å². The molecule has 3 heterocycles. The summed E-state index contributed by atoms with van der Waals surface area (Å²) in [5.41, 5.74) is 19.1. The molecule has 18 heteroatoms. The Morgan fingerprint density at radius 3 is 0.657 bits per heavy atom. The van der Waals surface area contributed by atoms with E-state index in [1.807, 2.05) is 166 Å². The number of anilines is 4. The van der Waals surface area contributed by atoms with E-state index in [9.17, 15) is 0 Å². The molecule has 5 radical (unpaired) electrons. The second kappa shape index (κ2) is 51.8. The maximum atomic E-state index is 7.75. The average Bonchev–Trinajstić information content (AvgIpc) is 1.62. The summed E-state index contributed by atoms with van der Waals surface area (Å²) in [6, 6.07) is 97.4. The molecule has 14 rings (SSSR count). The second-order valence-electron chi connectivity index (χ2n) is 23.0. The van der Waals surface area contributed by atoms with E-state index in [1.54, 1.807) is 34.6 Å². The van der Waals surface area contributed by atoms with Crippen LogP contribution in [0.5, 0.6) is 23.0 Å². The van der Waals surface area contributed by atoms with E-state index in [0.717, 1.165) is 103 Å². The Kier molecular flexibility index (Phi) is 45.3. The first-order chi connectivity index (χ1) is 51.0. The fraction of sp³-hybridized carbons (Fsp3) is 0.144. The summed E-state index contributed by atoms with van der Waals surface area (Å²) in [7, 11) is 13.3. The van der Waals surface area contributed by atoms with Gasteiger partial charge in [-0.2, -0.15) is 0 Å². The molecule has 0 aliphatic carbocycles. The Bertz CT molecular complexity index is 3890. The molecule has 11 aromatic carbocycles. The van der Waals surface area contributed by atoms with Crippen LogP contribution in [-0.2, 0) is 48.9 Å². The first kappa shape index (κ1) is 94.6. The predicted octanol–water partition coefficient (Wildman–Crippen LogP) is 20.9. The Labute approximate surface area is 676 Å². The molecule has 3 aliphatic heterocycles. The van der Waals surface area contributed by atoms with Crippen LogP contribution in [0.1, 0.15) is 57.3 Å². The normalized spacial score (nSPS) is 11.6. The standard InChI is InChI=1S/2C31H28N2O2.C18H15P.C4H8O.CH3B.2CHO.3CH3.B.2ClH.2Ru.2H/c2*1-22-13-11-14-23(2)30(22)34-28-21-29(35-31-24(3)15-12-16-25(31)4)33(27-19-9-6-10-20-27)32(28)26-17-7-5-8-18-26;1-4-10-16(11-5-1)19(17-12-6-2-7-13-17)18-14-8-3-9-15-18;1-2-4-5-3-1;3*1-2;;;;;;;;;;/h2*5-20H,1-4H3;1-15H;1-4H2;1H3;2*1H;3*1H3;;2*1H;;;;/q;;;;;5*-1;;;;+1;+3;;/p-2. The first-order valence-electron chi connectivity index (χ1n) is 33.3. The first-order valence-corrected chi connectivity index (χ1v) is 39.4. The maximum Gasteiger partial charge on any atom is -0.0134 e. The summed E-state index contributed by atoms with van der Waals surface area (Å²) in [5.74, 6) is 5.43. The van der Waals surface area contributed by atoms with Gasteiger partial charge in [-0.15, -0.1) is 0 Å². The topological polar surface area (TPSA) is 93.2 Å². The smallest absolute Gasteiger partial charge is 0.0134 e. The minimum absolute atomic E-state index is 0. The van der Waals surface area contributed by atoms with Crippen LogP contribution < -0.4 is 54.9 Å². The van der Waals surface area contributed by atoms with E-state index in [4.69, 9.17) is 33.3 Å². The van der Waals surface area contributed by atoms with E-state index in [0.29, 0.717) is 23.5 Å². The number of hydrogen-bond acceptors (Lipinski definition) is 11. The van der Waals surface area contributed by atoms with Crippen molar-refractivity contribution in [2.75, 3.05) is 33.2 Å². The zero-order valence-electron chi connectivity index (χ0n) is 63.4. The van der Waals surface area contributed by atoms with Gasteiger partial charge in [0.1, 0.15) is 23.0 Å². The van der Waals surface area contributed by atoms with E-state index in [2.05, 4.69) is 247 Å². The molecular formula is C90H95B2Cl2N4O7PRu2-3. The van der Waals surface area contributed by atoms with Crippen LogP contribution in [-0.4, -0.2) is 43.1 Å². The van der Waals surface area contributed by atoms with E-state index < -0.39 is 7.92 Å². The number of aryl methyl sites for hydroxylation is 8. The number of carbonyl (C=O) groups excluding carboxylic acids is 2. The third-order valence-corrected chi connectivity index (χ3v) is 18.3. The van der Waals surface area contributed by atoms with Crippen LogP contribution in [0.2, 0.25) is 6.82 Å². The third kappa shape index (κ3) is 26.2. The van der Waals surface area contributed by atoms with Crippen molar-refractivity contribution in [2.45, 2.75) is 75.1 Å². The Hall–Kier alpha value is -9.45. The fourth-order valence-electron chi connectivity index (χ4n) is 11.2. The van der Waals surface area contributed by atoms with Crippen molar-refractivity contribution in [3.8, 4) is 23.0 Å². The summed E-state index contributed by atoms with van der Waals surface area (Å²) in [4.78, 5) is 15.5. The Morgan fingerprint density at radius 1 is 0.333 bits per heavy atom. The molecule has 1 saturated heterocycles. The minimum atomic E-state index is -0.446. The van der Waals surface area contributed by atoms with Gasteiger partial charge in [0, 0.05) is 33.1 Å². The van der Waals surface area contributed by atoms with Crippen molar-refractivity contribution in [2.24, 2.45) is 0 Å². The molecule has 108 heavy (non-hydrogen) atoms. The van der Waals surface area contributed by atoms with E-state index in [1.165, 1.54) is 35.6 Å². The molecule has 0 aromatic heterocycles. The Balaban J connectivity index is 0.000000509. The van der Waals surface area contributed by atoms with Crippen LogP contribution in [0.25, 0.3) is 0 Å². The summed E-state index contributed by atoms with van der Waals surface area (Å²) >= 11 is 3.24. The molecule has 561 valence electrons. The van der Waals surface area contributed by atoms with Gasteiger partial charge in [0.05, 0.1) is 30.6 Å². The number of nitrogens with zero attached hydrogens (tertiary/aromatic N) is 4. The molecular weight excluding hydrogens is 1570 g/mol. The van der Waals surface area contributed by atoms with Gasteiger partial charge in [-0.1, -0.05) is 243 Å². The SMILES string of the molecule is C1CCOC1.Cc1cccc(C)c1OC1=C=C(Oc2c(C)cccc2C)N(c2ccccc2)N1c1ccccc1.Cc1cccc(C)c1OC1=C=C(Oc2c(C)cccc2C)N(c2ccccc2)N1c1ccccc1.[B].[B]C.[CH-]=O.[CH-]=O.[CH3-].[CH3-].[CH3-].[Cl][RuH+2].[Cl][RuH].c1ccc(P(c2ccccc2)c2ccccc2)cc1. The molecule has 11 aromatic rings. The molecule has 0 atom stereocenters.